The van der Waals surface area contributed by atoms with Gasteiger partial charge < -0.3 is 18.6 Å². The molecule has 0 bridgehead atoms. The highest BCUT2D eigenvalue weighted by Crippen LogP contribution is 2.32. The second-order valence-corrected chi connectivity index (χ2v) is 5.71. The Morgan fingerprint density at radius 2 is 1.76 bits per heavy atom. The number of aromatic nitrogens is 2. The zero-order valence-electron chi connectivity index (χ0n) is 16.0. The van der Waals surface area contributed by atoms with Crippen molar-refractivity contribution >= 4 is 11.9 Å². The Bertz CT molecular complexity index is 976. The summed E-state index contributed by atoms with van der Waals surface area (Å²) in [6.45, 7) is 4.32. The number of rotatable bonds is 9. The number of amides is 1. The lowest BCUT2D eigenvalue weighted by atomic mass is 10.2. The van der Waals surface area contributed by atoms with Gasteiger partial charge in [0.1, 0.15) is 0 Å². The Hall–Kier alpha value is -3.62. The number of nitrogens with zero attached hydrogens (tertiary/aromatic N) is 2. The minimum Gasteiger partial charge on any atom is -0.490 e. The fourth-order valence-corrected chi connectivity index (χ4v) is 2.43. The molecular weight excluding hydrogens is 381 g/mol. The second-order valence-electron chi connectivity index (χ2n) is 5.71. The number of halogens is 1. The normalized spacial score (nSPS) is 10.4. The van der Waals surface area contributed by atoms with Crippen LogP contribution in [0.2, 0.25) is 0 Å². The van der Waals surface area contributed by atoms with Crippen molar-refractivity contribution < 1.29 is 27.8 Å². The molecule has 0 aliphatic rings. The smallest absolute Gasteiger partial charge is 0.322 e. The topological polar surface area (TPSA) is 95.7 Å². The number of ether oxygens (including phenoxy) is 3. The third kappa shape index (κ3) is 5.22. The molecule has 0 fully saturated rings. The zero-order valence-corrected chi connectivity index (χ0v) is 16.0. The minimum absolute atomic E-state index is 0.0216. The van der Waals surface area contributed by atoms with Crippen LogP contribution in [0.4, 0.5) is 10.4 Å². The molecule has 152 valence electrons. The van der Waals surface area contributed by atoms with Gasteiger partial charge in [0, 0.05) is 5.56 Å². The van der Waals surface area contributed by atoms with Crippen LogP contribution in [0.1, 0.15) is 13.8 Å². The Kier molecular flexibility index (Phi) is 6.62. The summed E-state index contributed by atoms with van der Waals surface area (Å²) in [6, 6.07) is 10.9. The van der Waals surface area contributed by atoms with Crippen LogP contribution in [0.25, 0.3) is 11.5 Å². The van der Waals surface area contributed by atoms with Gasteiger partial charge in [-0.1, -0.05) is 17.2 Å². The summed E-state index contributed by atoms with van der Waals surface area (Å²) in [5.41, 5.74) is 0.604. The first-order valence-electron chi connectivity index (χ1n) is 9.01. The number of carbonyl (C=O) groups is 1. The van der Waals surface area contributed by atoms with Crippen molar-refractivity contribution in [3.63, 3.8) is 0 Å². The number of nitrogens with one attached hydrogen (secondary N) is 1. The monoisotopic (exact) mass is 401 g/mol. The standard InChI is InChI=1S/C20H20FN3O5/c1-3-26-16-10-9-13(11-17(16)27-4-2)19-23-24-20(29-19)22-18(25)12-28-15-8-6-5-7-14(15)21/h5-11H,3-4,12H2,1-2H3,(H,22,24,25). The van der Waals surface area contributed by atoms with E-state index in [4.69, 9.17) is 18.6 Å². The number of carbonyl (C=O) groups excluding carboxylic acids is 1. The number of hydrogen-bond acceptors (Lipinski definition) is 7. The Morgan fingerprint density at radius 3 is 2.52 bits per heavy atom. The molecule has 29 heavy (non-hydrogen) atoms. The fraction of sp³-hybridized carbons (Fsp3) is 0.250. The molecule has 0 aliphatic carbocycles. The highest BCUT2D eigenvalue weighted by atomic mass is 19.1. The summed E-state index contributed by atoms with van der Waals surface area (Å²) in [7, 11) is 0. The summed E-state index contributed by atoms with van der Waals surface area (Å²) in [5.74, 6) is 0.211. The van der Waals surface area contributed by atoms with E-state index in [1.54, 1.807) is 24.3 Å². The van der Waals surface area contributed by atoms with Crippen LogP contribution >= 0.6 is 0 Å². The number of anilines is 1. The van der Waals surface area contributed by atoms with Gasteiger partial charge in [-0.2, -0.15) is 0 Å². The Balaban J connectivity index is 1.65. The molecule has 0 saturated heterocycles. The van der Waals surface area contributed by atoms with Gasteiger partial charge in [-0.25, -0.2) is 4.39 Å². The van der Waals surface area contributed by atoms with Gasteiger partial charge in [-0.3, -0.25) is 10.1 Å². The van der Waals surface area contributed by atoms with Gasteiger partial charge in [0.25, 0.3) is 5.91 Å². The maximum absolute atomic E-state index is 13.5. The number of benzene rings is 2. The molecule has 0 spiro atoms. The van der Waals surface area contributed by atoms with Crippen LogP contribution in [0, 0.1) is 5.82 Å². The Morgan fingerprint density at radius 1 is 1.00 bits per heavy atom. The Labute approximate surface area is 166 Å². The molecule has 0 radical (unpaired) electrons. The molecule has 3 aromatic rings. The highest BCUT2D eigenvalue weighted by Gasteiger charge is 2.15. The van der Waals surface area contributed by atoms with Crippen molar-refractivity contribution in [2.45, 2.75) is 13.8 Å². The molecule has 1 amide bonds. The first kappa shape index (κ1) is 20.1. The van der Waals surface area contributed by atoms with Crippen molar-refractivity contribution in [2.24, 2.45) is 0 Å². The lowest BCUT2D eigenvalue weighted by Gasteiger charge is -2.11. The molecule has 1 heterocycles. The van der Waals surface area contributed by atoms with Crippen LogP contribution in [-0.2, 0) is 4.79 Å². The van der Waals surface area contributed by atoms with E-state index in [0.717, 1.165) is 0 Å². The van der Waals surface area contributed by atoms with Crippen LogP contribution in [0.5, 0.6) is 17.2 Å². The predicted octanol–water partition coefficient (Wildman–Crippen LogP) is 3.69. The molecular formula is C20H20FN3O5. The molecule has 8 nitrogen and oxygen atoms in total. The third-order valence-electron chi connectivity index (χ3n) is 3.66. The first-order valence-corrected chi connectivity index (χ1v) is 9.01. The van der Waals surface area contributed by atoms with Crippen molar-refractivity contribution in [2.75, 3.05) is 25.1 Å². The summed E-state index contributed by atoms with van der Waals surface area (Å²) in [4.78, 5) is 12.0. The maximum Gasteiger partial charge on any atom is 0.322 e. The molecule has 9 heteroatoms. The number of para-hydroxylation sites is 1. The molecule has 0 unspecified atom stereocenters. The molecule has 0 saturated carbocycles. The van der Waals surface area contributed by atoms with Crippen LogP contribution in [-0.4, -0.2) is 35.9 Å². The van der Waals surface area contributed by atoms with Crippen molar-refractivity contribution in [1.29, 1.82) is 0 Å². The van der Waals surface area contributed by atoms with Gasteiger partial charge >= 0.3 is 6.01 Å². The van der Waals surface area contributed by atoms with Gasteiger partial charge in [0.05, 0.1) is 13.2 Å². The van der Waals surface area contributed by atoms with Gasteiger partial charge in [-0.15, -0.1) is 5.10 Å². The first-order chi connectivity index (χ1) is 14.1. The van der Waals surface area contributed by atoms with Crippen molar-refractivity contribution in [1.82, 2.24) is 10.2 Å². The minimum atomic E-state index is -0.565. The average molecular weight is 401 g/mol. The lowest BCUT2D eigenvalue weighted by molar-refractivity contribution is -0.118. The SMILES string of the molecule is CCOc1ccc(-c2nnc(NC(=O)COc3ccccc3F)o2)cc1OCC. The largest absolute Gasteiger partial charge is 0.490 e. The van der Waals surface area contributed by atoms with Gasteiger partial charge in [0.2, 0.25) is 5.89 Å². The van der Waals surface area contributed by atoms with Crippen LogP contribution < -0.4 is 19.5 Å². The van der Waals surface area contributed by atoms with E-state index in [-0.39, 0.29) is 17.7 Å². The number of hydrogen-bond donors (Lipinski definition) is 1. The molecule has 1 N–H and O–H groups in total. The summed E-state index contributed by atoms with van der Waals surface area (Å²) >= 11 is 0. The van der Waals surface area contributed by atoms with E-state index in [1.165, 1.54) is 18.2 Å². The third-order valence-corrected chi connectivity index (χ3v) is 3.66. The van der Waals surface area contributed by atoms with E-state index >= 15 is 0 Å². The lowest BCUT2D eigenvalue weighted by Crippen LogP contribution is -2.20. The summed E-state index contributed by atoms with van der Waals surface area (Å²) in [5, 5.41) is 10.1. The van der Waals surface area contributed by atoms with Crippen LogP contribution in [0.3, 0.4) is 0 Å². The zero-order chi connectivity index (χ0) is 20.6. The second kappa shape index (κ2) is 9.54. The average Bonchev–Trinajstić information content (AvgIpc) is 3.17. The highest BCUT2D eigenvalue weighted by molar-refractivity contribution is 5.89. The molecule has 0 atom stereocenters. The molecule has 2 aromatic carbocycles. The fourth-order valence-electron chi connectivity index (χ4n) is 2.43. The summed E-state index contributed by atoms with van der Waals surface area (Å²) < 4.78 is 35.2. The molecule has 0 aliphatic heterocycles. The predicted molar refractivity (Wildman–Crippen MR) is 103 cm³/mol. The van der Waals surface area contributed by atoms with E-state index < -0.39 is 18.3 Å². The molecule has 3 rings (SSSR count). The van der Waals surface area contributed by atoms with E-state index in [1.807, 2.05) is 13.8 Å². The quantitative estimate of drug-likeness (QED) is 0.584. The maximum atomic E-state index is 13.5. The van der Waals surface area contributed by atoms with Crippen molar-refractivity contribution in [3.05, 3.63) is 48.3 Å². The van der Waals surface area contributed by atoms with E-state index in [0.29, 0.717) is 30.3 Å². The van der Waals surface area contributed by atoms with E-state index in [9.17, 15) is 9.18 Å². The van der Waals surface area contributed by atoms with Crippen LogP contribution in [0.15, 0.2) is 46.9 Å². The van der Waals surface area contributed by atoms with Gasteiger partial charge in [-0.05, 0) is 44.2 Å². The van der Waals surface area contributed by atoms with Crippen molar-refractivity contribution in [3.8, 4) is 28.7 Å². The molecule has 1 aromatic heterocycles. The van der Waals surface area contributed by atoms with Gasteiger partial charge in [0.15, 0.2) is 29.7 Å². The van der Waals surface area contributed by atoms with E-state index in [2.05, 4.69) is 15.5 Å². The summed E-state index contributed by atoms with van der Waals surface area (Å²) in [6.07, 6.45) is 0.